The lowest BCUT2D eigenvalue weighted by Gasteiger charge is -2.09. The number of rotatable bonds is 5. The van der Waals surface area contributed by atoms with Crippen molar-refractivity contribution in [3.63, 3.8) is 0 Å². The molecule has 0 aliphatic carbocycles. The van der Waals surface area contributed by atoms with Crippen LogP contribution in [-0.4, -0.2) is 62.0 Å². The molecule has 0 aliphatic heterocycles. The minimum absolute atomic E-state index is 0. The van der Waals surface area contributed by atoms with E-state index in [-0.39, 0.29) is 7.33 Å². The first-order chi connectivity index (χ1) is 16.0. The lowest BCUT2D eigenvalue weighted by molar-refractivity contribution is 0.0949. The van der Waals surface area contributed by atoms with Gasteiger partial charge in [-0.15, -0.1) is 10.2 Å². The van der Waals surface area contributed by atoms with Crippen molar-refractivity contribution in [2.75, 3.05) is 14.1 Å². The summed E-state index contributed by atoms with van der Waals surface area (Å²) in [6, 6.07) is 11.5. The predicted molar refractivity (Wildman–Crippen MR) is 144 cm³/mol. The van der Waals surface area contributed by atoms with Crippen molar-refractivity contribution in [2.45, 2.75) is 39.8 Å². The summed E-state index contributed by atoms with van der Waals surface area (Å²) in [5, 5.41) is 11.7. The Morgan fingerprint density at radius 3 is 2.24 bits per heavy atom. The fraction of sp³-hybridized carbons (Fsp3) is 0.364. The van der Waals surface area contributed by atoms with E-state index in [4.69, 9.17) is 5.73 Å². The molecule has 0 saturated heterocycles. The van der Waals surface area contributed by atoms with Crippen LogP contribution < -0.4 is 11.2 Å². The largest absolute Gasteiger partial charge is 0.367 e. The molecule has 0 saturated carbocycles. The number of halogens is 2. The summed E-state index contributed by atoms with van der Waals surface area (Å²) in [6.07, 6.45) is 3.22. The minimum atomic E-state index is -0.339. The third-order valence-corrected chi connectivity index (χ3v) is 4.36. The van der Waals surface area contributed by atoms with Crippen molar-refractivity contribution in [3.8, 4) is 11.5 Å². The van der Waals surface area contributed by atoms with Crippen LogP contribution in [0.2, 0.25) is 0 Å². The molecular weight excluding hydrogens is 566 g/mol. The van der Waals surface area contributed by atoms with Gasteiger partial charge < -0.3 is 15.2 Å². The standard InChI is InChI=1S/C10H11BrN4.C9H11BrN4O.C3H9N.H2/c1-7(2)15-6-12-14-10(15)8-4-3-5-9(11)13-8;1-14(2)6-11-13-9(15)7-4-3-5-8(10)12-7;1-3(2)4;/h3-7H,1-2H3;3-6H,1-2H3,(H,13,15);3H,4H2,1-2H3;1H/b;11-6+;;. The number of pyridine rings is 2. The van der Waals surface area contributed by atoms with E-state index >= 15 is 0 Å². The van der Waals surface area contributed by atoms with Crippen molar-refractivity contribution >= 4 is 44.1 Å². The summed E-state index contributed by atoms with van der Waals surface area (Å²) in [5.41, 5.74) is 8.62. The second-order valence-corrected chi connectivity index (χ2v) is 9.36. The molecule has 0 atom stereocenters. The van der Waals surface area contributed by atoms with E-state index in [0.717, 1.165) is 16.1 Å². The second-order valence-electron chi connectivity index (χ2n) is 7.74. The molecule has 3 aromatic rings. The van der Waals surface area contributed by atoms with Crippen LogP contribution in [0.3, 0.4) is 0 Å². The van der Waals surface area contributed by atoms with Crippen molar-refractivity contribution in [3.05, 3.63) is 57.6 Å². The van der Waals surface area contributed by atoms with Crippen LogP contribution in [0.4, 0.5) is 0 Å². The Balaban J connectivity index is 0.000000560. The van der Waals surface area contributed by atoms with Crippen LogP contribution in [-0.2, 0) is 0 Å². The molecule has 0 spiro atoms. The summed E-state index contributed by atoms with van der Waals surface area (Å²) in [7, 11) is 3.63. The molecule has 3 N–H and O–H groups in total. The number of nitrogens with one attached hydrogen (secondary N) is 1. The minimum Gasteiger partial charge on any atom is -0.367 e. The third-order valence-electron chi connectivity index (χ3n) is 3.48. The molecule has 34 heavy (non-hydrogen) atoms. The zero-order valence-electron chi connectivity index (χ0n) is 20.1. The monoisotopic (exact) mass is 597 g/mol. The summed E-state index contributed by atoms with van der Waals surface area (Å²) < 4.78 is 3.42. The van der Waals surface area contributed by atoms with E-state index in [1.54, 1.807) is 29.4 Å². The fourth-order valence-corrected chi connectivity index (χ4v) is 2.82. The van der Waals surface area contributed by atoms with Crippen LogP contribution in [0.5, 0.6) is 0 Å². The summed E-state index contributed by atoms with van der Waals surface area (Å²) in [5.74, 6) is 0.459. The lowest BCUT2D eigenvalue weighted by atomic mass is 10.3. The van der Waals surface area contributed by atoms with Crippen molar-refractivity contribution in [1.29, 1.82) is 0 Å². The number of nitrogens with two attached hydrogens (primary N) is 1. The molecule has 3 aromatic heterocycles. The van der Waals surface area contributed by atoms with Gasteiger partial charge in [-0.25, -0.2) is 15.4 Å². The molecule has 0 aliphatic rings. The first kappa shape index (κ1) is 29.3. The molecule has 0 radical (unpaired) electrons. The number of aromatic nitrogens is 5. The average molecular weight is 599 g/mol. The van der Waals surface area contributed by atoms with Gasteiger partial charge in [-0.1, -0.05) is 26.0 Å². The van der Waals surface area contributed by atoms with Gasteiger partial charge in [0.2, 0.25) is 0 Å². The highest BCUT2D eigenvalue weighted by Gasteiger charge is 2.10. The zero-order valence-corrected chi connectivity index (χ0v) is 23.3. The zero-order chi connectivity index (χ0) is 25.7. The highest BCUT2D eigenvalue weighted by Crippen LogP contribution is 2.19. The number of hydrogen-bond donors (Lipinski definition) is 2. The maximum absolute atomic E-state index is 11.5. The highest BCUT2D eigenvalue weighted by molar-refractivity contribution is 9.10. The number of hydrogen-bond acceptors (Lipinski definition) is 7. The van der Waals surface area contributed by atoms with Crippen LogP contribution in [0, 0.1) is 0 Å². The van der Waals surface area contributed by atoms with Gasteiger partial charge in [-0.3, -0.25) is 4.79 Å². The van der Waals surface area contributed by atoms with Gasteiger partial charge in [-0.05, 0) is 76.0 Å². The van der Waals surface area contributed by atoms with Gasteiger partial charge in [0, 0.05) is 21.6 Å². The van der Waals surface area contributed by atoms with E-state index < -0.39 is 0 Å². The van der Waals surface area contributed by atoms with E-state index in [2.05, 4.69) is 76.4 Å². The topological polar surface area (TPSA) is 127 Å². The Morgan fingerprint density at radius 2 is 1.71 bits per heavy atom. The van der Waals surface area contributed by atoms with Gasteiger partial charge in [0.25, 0.3) is 5.91 Å². The van der Waals surface area contributed by atoms with Gasteiger partial charge in [0.05, 0.1) is 0 Å². The molecule has 0 bridgehead atoms. The van der Waals surface area contributed by atoms with Crippen LogP contribution in [0.25, 0.3) is 11.5 Å². The Bertz CT molecular complexity index is 1060. The van der Waals surface area contributed by atoms with Gasteiger partial charge in [-0.2, -0.15) is 5.10 Å². The smallest absolute Gasteiger partial charge is 0.290 e. The Labute approximate surface area is 218 Å². The molecule has 0 fully saturated rings. The van der Waals surface area contributed by atoms with E-state index in [1.165, 1.54) is 6.34 Å². The second kappa shape index (κ2) is 15.3. The van der Waals surface area contributed by atoms with Crippen molar-refractivity contribution < 1.29 is 6.22 Å². The Hall–Kier alpha value is -2.70. The lowest BCUT2D eigenvalue weighted by Crippen LogP contribution is -2.21. The maximum atomic E-state index is 11.5. The van der Waals surface area contributed by atoms with E-state index in [9.17, 15) is 4.79 Å². The molecule has 186 valence electrons. The maximum Gasteiger partial charge on any atom is 0.290 e. The number of hydrazone groups is 1. The predicted octanol–water partition coefficient (Wildman–Crippen LogP) is 4.36. The number of nitrogens with zero attached hydrogens (tertiary/aromatic N) is 7. The summed E-state index contributed by atoms with van der Waals surface area (Å²) in [6.45, 7) is 8.07. The number of amides is 1. The quantitative estimate of drug-likeness (QED) is 0.193. The molecule has 0 aromatic carbocycles. The molecule has 10 nitrogen and oxygen atoms in total. The van der Waals surface area contributed by atoms with Gasteiger partial charge in [0.1, 0.15) is 33.3 Å². The first-order valence-corrected chi connectivity index (χ1v) is 12.0. The third kappa shape index (κ3) is 11.4. The fourth-order valence-electron chi connectivity index (χ4n) is 2.13. The molecule has 0 unspecified atom stereocenters. The SMILES string of the molecule is CC(C)N.CC(C)n1cnnc1-c1cccc(Br)n1.CN(C)/C=N/NC(=O)c1cccc(Br)n1.[HH]. The van der Waals surface area contributed by atoms with Crippen LogP contribution >= 0.6 is 31.9 Å². The number of carbonyl (C=O) groups is 1. The molecule has 1 amide bonds. The number of carbonyl (C=O) groups excluding carboxylic acids is 1. The molecule has 3 heterocycles. The van der Waals surface area contributed by atoms with Crippen molar-refractivity contribution in [2.24, 2.45) is 10.8 Å². The Morgan fingerprint density at radius 1 is 1.12 bits per heavy atom. The van der Waals surface area contributed by atoms with E-state index in [1.807, 2.05) is 50.7 Å². The van der Waals surface area contributed by atoms with Gasteiger partial charge in [0.15, 0.2) is 5.82 Å². The van der Waals surface area contributed by atoms with Crippen molar-refractivity contribution in [1.82, 2.24) is 35.1 Å². The van der Waals surface area contributed by atoms with Crippen LogP contribution in [0.1, 0.15) is 45.7 Å². The summed E-state index contributed by atoms with van der Waals surface area (Å²) in [4.78, 5) is 21.5. The highest BCUT2D eigenvalue weighted by atomic mass is 79.9. The van der Waals surface area contributed by atoms with E-state index in [0.29, 0.717) is 22.4 Å². The average Bonchev–Trinajstić information content (AvgIpc) is 3.24. The molecule has 12 heteroatoms. The Kier molecular flexibility index (Phi) is 13.2. The first-order valence-electron chi connectivity index (χ1n) is 10.4. The molecule has 3 rings (SSSR count). The normalized spacial score (nSPS) is 10.4. The van der Waals surface area contributed by atoms with Crippen LogP contribution in [0.15, 0.2) is 57.0 Å². The summed E-state index contributed by atoms with van der Waals surface area (Å²) >= 11 is 6.52. The van der Waals surface area contributed by atoms with Gasteiger partial charge >= 0.3 is 0 Å². The molecular formula is C22H33Br2N9O.